The molecular weight excluding hydrogens is 312 g/mol. The first-order chi connectivity index (χ1) is 9.28. The maximum Gasteiger partial charge on any atom is 0.451 e. The second-order valence-corrected chi connectivity index (χ2v) is 5.38. The maximum absolute atomic E-state index is 11.6. The van der Waals surface area contributed by atoms with E-state index < -0.39 is 27.1 Å². The highest BCUT2D eigenvalue weighted by Gasteiger charge is 2.26. The van der Waals surface area contributed by atoms with E-state index in [9.17, 15) is 16.8 Å². The number of anilines is 1. The van der Waals surface area contributed by atoms with Gasteiger partial charge in [0.05, 0.1) is 5.69 Å². The van der Waals surface area contributed by atoms with E-state index in [4.69, 9.17) is 5.73 Å². The monoisotopic (exact) mass is 320 g/mol. The fourth-order valence-electron chi connectivity index (χ4n) is 1.33. The van der Waals surface area contributed by atoms with Gasteiger partial charge in [-0.05, 0) is 19.1 Å². The van der Waals surface area contributed by atoms with Gasteiger partial charge in [0.25, 0.3) is 0 Å². The lowest BCUT2D eigenvalue weighted by atomic mass is 10.2. The van der Waals surface area contributed by atoms with E-state index in [0.717, 1.165) is 6.92 Å². The molecule has 0 bridgehead atoms. The molecule has 12 heteroatoms. The van der Waals surface area contributed by atoms with Crippen molar-refractivity contribution in [3.8, 4) is 5.75 Å². The fraction of sp³-hybridized carbons (Fsp3) is 0.250. The second kappa shape index (κ2) is 5.15. The van der Waals surface area contributed by atoms with Crippen LogP contribution in [0.1, 0.15) is 6.92 Å². The highest BCUT2D eigenvalue weighted by Crippen LogP contribution is 2.48. The lowest BCUT2D eigenvalue weighted by molar-refractivity contribution is 0.211. The molecule has 2 N–H and O–H groups in total. The number of benzene rings is 1. The molecule has 0 spiro atoms. The van der Waals surface area contributed by atoms with Crippen LogP contribution < -0.4 is 9.92 Å². The molecule has 10 nitrogen and oxygen atoms in total. The first-order valence-corrected chi connectivity index (χ1v) is 7.42. The fourth-order valence-corrected chi connectivity index (χ4v) is 2.47. The van der Waals surface area contributed by atoms with Crippen molar-refractivity contribution < 1.29 is 25.2 Å². The Hall–Kier alpha value is -2.05. The Morgan fingerprint density at radius 3 is 2.60 bits per heavy atom. The summed E-state index contributed by atoms with van der Waals surface area (Å²) >= 11 is 0. The molecule has 1 aliphatic rings. The summed E-state index contributed by atoms with van der Waals surface area (Å²) in [5.74, 6) is -0.229. The highest BCUT2D eigenvalue weighted by molar-refractivity contribution is 7.82. The summed E-state index contributed by atoms with van der Waals surface area (Å²) in [5.41, 5.74) is 6.19. The Morgan fingerprint density at radius 2 is 2.05 bits per heavy atom. The summed E-state index contributed by atoms with van der Waals surface area (Å²) < 4.78 is 55.8. The molecule has 0 saturated carbocycles. The molecule has 1 atom stereocenters. The Labute approximate surface area is 115 Å². The highest BCUT2D eigenvalue weighted by atomic mass is 32.3. The predicted molar refractivity (Wildman–Crippen MR) is 66.5 cm³/mol. The maximum atomic E-state index is 11.6. The molecule has 1 aromatic rings. The van der Waals surface area contributed by atoms with Gasteiger partial charge in [-0.15, -0.1) is 14.6 Å². The van der Waals surface area contributed by atoms with Crippen molar-refractivity contribution in [2.75, 3.05) is 5.73 Å². The zero-order chi connectivity index (χ0) is 14.9. The lowest BCUT2D eigenvalue weighted by Crippen LogP contribution is -2.19. The van der Waals surface area contributed by atoms with Gasteiger partial charge in [-0.2, -0.15) is 16.8 Å². The molecular formula is C8H8N4O6S2. The van der Waals surface area contributed by atoms with Crippen LogP contribution >= 0.6 is 0 Å². The lowest BCUT2D eigenvalue weighted by Gasteiger charge is -2.15. The van der Waals surface area contributed by atoms with Crippen LogP contribution in [0, 0.1) is 0 Å². The van der Waals surface area contributed by atoms with Crippen molar-refractivity contribution in [1.29, 1.82) is 0 Å². The van der Waals surface area contributed by atoms with E-state index in [1.54, 1.807) is 0 Å². The summed E-state index contributed by atoms with van der Waals surface area (Å²) in [4.78, 5) is 0. The van der Waals surface area contributed by atoms with Crippen molar-refractivity contribution in [2.24, 2.45) is 14.6 Å². The van der Waals surface area contributed by atoms with Crippen molar-refractivity contribution in [3.63, 3.8) is 0 Å². The number of nitrogens with zero attached hydrogens (tertiary/aromatic N) is 3. The number of fused-ring (bicyclic) bond motifs is 1. The molecule has 0 aliphatic carbocycles. The molecule has 1 aliphatic heterocycles. The van der Waals surface area contributed by atoms with Crippen LogP contribution in [0.5, 0.6) is 5.75 Å². The minimum absolute atomic E-state index is 0.0200. The molecule has 1 heterocycles. The average Bonchev–Trinajstić information content (AvgIpc) is 2.22. The number of rotatable bonds is 5. The minimum atomic E-state index is -4.56. The molecule has 20 heavy (non-hydrogen) atoms. The third-order valence-electron chi connectivity index (χ3n) is 2.08. The second-order valence-electron chi connectivity index (χ2n) is 3.56. The van der Waals surface area contributed by atoms with Gasteiger partial charge in [0, 0.05) is 0 Å². The first-order valence-electron chi connectivity index (χ1n) is 5.05. The molecule has 0 radical (unpaired) electrons. The van der Waals surface area contributed by atoms with Gasteiger partial charge >= 0.3 is 20.9 Å². The van der Waals surface area contributed by atoms with Crippen LogP contribution in [0.2, 0.25) is 0 Å². The van der Waals surface area contributed by atoms with Gasteiger partial charge in [-0.3, -0.25) is 0 Å². The Bertz CT molecular complexity index is 806. The molecule has 0 saturated heterocycles. The van der Waals surface area contributed by atoms with Crippen LogP contribution in [-0.4, -0.2) is 23.1 Å². The van der Waals surface area contributed by atoms with Crippen LogP contribution in [0.15, 0.2) is 26.7 Å². The smallest absolute Gasteiger partial charge is 0.396 e. The van der Waals surface area contributed by atoms with Gasteiger partial charge in [0.2, 0.25) is 0 Å². The van der Waals surface area contributed by atoms with Crippen molar-refractivity contribution in [1.82, 2.24) is 0 Å². The minimum Gasteiger partial charge on any atom is -0.396 e. The van der Waals surface area contributed by atoms with E-state index in [-0.39, 0.29) is 17.1 Å². The van der Waals surface area contributed by atoms with E-state index in [0.29, 0.717) is 5.69 Å². The van der Waals surface area contributed by atoms with Crippen LogP contribution in [0.25, 0.3) is 0 Å². The molecule has 1 aromatic carbocycles. The zero-order valence-electron chi connectivity index (χ0n) is 9.92. The van der Waals surface area contributed by atoms with Gasteiger partial charge in [-0.1, -0.05) is 0 Å². The SMILES string of the molecule is CC(N=S(=O)=O)OS(=O)(=O)Oc1c(N)ccc2c1N=N2. The molecule has 2 rings (SSSR count). The quantitative estimate of drug-likeness (QED) is 0.808. The summed E-state index contributed by atoms with van der Waals surface area (Å²) in [6.07, 6.45) is -1.46. The Balaban J connectivity index is 2.22. The van der Waals surface area contributed by atoms with Crippen LogP contribution in [-0.2, 0) is 25.1 Å². The third-order valence-corrected chi connectivity index (χ3v) is 3.43. The summed E-state index contributed by atoms with van der Waals surface area (Å²) in [6, 6.07) is 2.93. The molecule has 0 aromatic heterocycles. The molecule has 1 unspecified atom stereocenters. The number of hydrogen-bond acceptors (Lipinski definition) is 10. The summed E-state index contributed by atoms with van der Waals surface area (Å²) in [7, 11) is -7.36. The Morgan fingerprint density at radius 1 is 1.35 bits per heavy atom. The largest absolute Gasteiger partial charge is 0.451 e. The summed E-state index contributed by atoms with van der Waals surface area (Å²) in [6.45, 7) is 1.11. The number of nitrogens with two attached hydrogens (primary N) is 1. The van der Waals surface area contributed by atoms with E-state index >= 15 is 0 Å². The first kappa shape index (κ1) is 14.4. The number of azo groups is 1. The standard InChI is InChI=1S/C8H8N4O6S2/c1-4(12-19(13)14)17-20(15,16)18-8-5(9)2-3-6-7(8)11-10-6/h2-4H,9H2,1H3. The molecule has 108 valence electrons. The van der Waals surface area contributed by atoms with Crippen molar-refractivity contribution >= 4 is 38.0 Å². The van der Waals surface area contributed by atoms with Crippen molar-refractivity contribution in [2.45, 2.75) is 13.2 Å². The van der Waals surface area contributed by atoms with Crippen molar-refractivity contribution in [3.05, 3.63) is 12.1 Å². The predicted octanol–water partition coefficient (Wildman–Crippen LogP) is 1.05. The normalized spacial score (nSPS) is 14.1. The third kappa shape index (κ3) is 3.09. The van der Waals surface area contributed by atoms with Gasteiger partial charge in [-0.25, -0.2) is 4.18 Å². The number of nitrogen functional groups attached to an aromatic ring is 1. The van der Waals surface area contributed by atoms with Gasteiger partial charge in [0.15, 0.2) is 17.7 Å². The van der Waals surface area contributed by atoms with Gasteiger partial charge in [0.1, 0.15) is 5.69 Å². The van der Waals surface area contributed by atoms with Crippen LogP contribution in [0.4, 0.5) is 17.1 Å². The number of hydrogen-bond donors (Lipinski definition) is 1. The average molecular weight is 320 g/mol. The summed E-state index contributed by atoms with van der Waals surface area (Å²) in [5, 5.41) is 7.20. The van der Waals surface area contributed by atoms with Crippen LogP contribution in [0.3, 0.4) is 0 Å². The van der Waals surface area contributed by atoms with E-state index in [1.165, 1.54) is 12.1 Å². The molecule has 0 amide bonds. The Kier molecular flexibility index (Phi) is 3.69. The molecule has 0 fully saturated rings. The van der Waals surface area contributed by atoms with E-state index in [1.807, 2.05) is 0 Å². The van der Waals surface area contributed by atoms with Gasteiger partial charge < -0.3 is 9.92 Å². The van der Waals surface area contributed by atoms with E-state index in [2.05, 4.69) is 23.0 Å². The zero-order valence-corrected chi connectivity index (χ0v) is 11.6. The topological polar surface area (TPSA) is 150 Å².